The lowest BCUT2D eigenvalue weighted by molar-refractivity contribution is 0.181. The van der Waals surface area contributed by atoms with Crippen molar-refractivity contribution in [3.8, 4) is 0 Å². The average molecular weight is 379 g/mol. The number of carbonyl (C=O) groups excluding carboxylic acids is 1. The van der Waals surface area contributed by atoms with E-state index in [4.69, 9.17) is 4.52 Å². The quantitative estimate of drug-likeness (QED) is 0.768. The summed E-state index contributed by atoms with van der Waals surface area (Å²) in [6.07, 6.45) is 4.96. The van der Waals surface area contributed by atoms with Gasteiger partial charge in [0.1, 0.15) is 5.76 Å². The average Bonchev–Trinajstić information content (AvgIpc) is 3.27. The van der Waals surface area contributed by atoms with Gasteiger partial charge in [-0.25, -0.2) is 18.0 Å². The van der Waals surface area contributed by atoms with Gasteiger partial charge < -0.3 is 14.7 Å². The molecule has 2 aromatic rings. The molecule has 0 saturated heterocycles. The van der Waals surface area contributed by atoms with E-state index < -0.39 is 23.5 Å². The van der Waals surface area contributed by atoms with E-state index in [9.17, 15) is 18.0 Å². The van der Waals surface area contributed by atoms with Crippen LogP contribution >= 0.6 is 0 Å². The molecule has 1 aromatic carbocycles. The Morgan fingerprint density at radius 3 is 2.56 bits per heavy atom. The number of carbonyl (C=O) groups is 1. The first-order valence-corrected chi connectivity index (χ1v) is 9.13. The molecule has 1 aliphatic heterocycles. The molecule has 8 heteroatoms. The van der Waals surface area contributed by atoms with Crippen LogP contribution in [0.5, 0.6) is 0 Å². The lowest BCUT2D eigenvalue weighted by Gasteiger charge is -2.33. The highest BCUT2D eigenvalue weighted by molar-refractivity contribution is 5.89. The molecular formula is C19H20F3N3O2. The molecule has 2 heterocycles. The second-order valence-electron chi connectivity index (χ2n) is 7.32. The number of amides is 2. The van der Waals surface area contributed by atoms with Crippen molar-refractivity contribution in [1.29, 1.82) is 0 Å². The zero-order valence-electron chi connectivity index (χ0n) is 14.9. The van der Waals surface area contributed by atoms with E-state index in [0.717, 1.165) is 54.8 Å². The standard InChI is InChI=1S/C19H20F3N3O2/c1-10-6-16-13(18(27-24-16)11-4-2-3-5-11)9-25(10)19(26)23-12-7-14(20)17(22)15(21)8-12/h7-8,10-11H,2-6,9H2,1H3,(H,23,26). The maximum Gasteiger partial charge on any atom is 0.322 e. The fourth-order valence-electron chi connectivity index (χ4n) is 4.01. The number of urea groups is 1. The number of hydrogen-bond donors (Lipinski definition) is 1. The Morgan fingerprint density at radius 1 is 1.22 bits per heavy atom. The lowest BCUT2D eigenvalue weighted by Crippen LogP contribution is -2.45. The minimum Gasteiger partial charge on any atom is -0.360 e. The van der Waals surface area contributed by atoms with Crippen LogP contribution in [0.15, 0.2) is 16.7 Å². The summed E-state index contributed by atoms with van der Waals surface area (Å²) in [4.78, 5) is 14.3. The Balaban J connectivity index is 1.54. The van der Waals surface area contributed by atoms with Gasteiger partial charge in [-0.05, 0) is 19.8 Å². The fourth-order valence-corrected chi connectivity index (χ4v) is 4.01. The Morgan fingerprint density at radius 2 is 1.89 bits per heavy atom. The molecule has 0 radical (unpaired) electrons. The van der Waals surface area contributed by atoms with E-state index in [0.29, 0.717) is 18.9 Å². The summed E-state index contributed by atoms with van der Waals surface area (Å²) in [6.45, 7) is 2.20. The van der Waals surface area contributed by atoms with E-state index in [-0.39, 0.29) is 11.7 Å². The molecule has 1 aromatic heterocycles. The van der Waals surface area contributed by atoms with Crippen molar-refractivity contribution in [3.63, 3.8) is 0 Å². The highest BCUT2D eigenvalue weighted by Gasteiger charge is 2.34. The van der Waals surface area contributed by atoms with Crippen LogP contribution in [0.25, 0.3) is 0 Å². The van der Waals surface area contributed by atoms with Crippen LogP contribution in [0.4, 0.5) is 23.7 Å². The highest BCUT2D eigenvalue weighted by atomic mass is 19.2. The molecule has 2 amide bonds. The minimum atomic E-state index is -1.56. The molecule has 0 bridgehead atoms. The highest BCUT2D eigenvalue weighted by Crippen LogP contribution is 2.39. The van der Waals surface area contributed by atoms with Crippen molar-refractivity contribution in [1.82, 2.24) is 10.1 Å². The van der Waals surface area contributed by atoms with E-state index in [2.05, 4.69) is 10.5 Å². The number of nitrogens with zero attached hydrogens (tertiary/aromatic N) is 2. The third kappa shape index (κ3) is 3.28. The molecule has 1 saturated carbocycles. The topological polar surface area (TPSA) is 58.4 Å². The smallest absolute Gasteiger partial charge is 0.322 e. The summed E-state index contributed by atoms with van der Waals surface area (Å²) in [5.41, 5.74) is 1.68. The van der Waals surface area contributed by atoms with Gasteiger partial charge in [0.25, 0.3) is 0 Å². The number of benzene rings is 1. The van der Waals surface area contributed by atoms with E-state index in [1.165, 1.54) is 0 Å². The van der Waals surface area contributed by atoms with Gasteiger partial charge in [-0.2, -0.15) is 0 Å². The first kappa shape index (κ1) is 17.9. The van der Waals surface area contributed by atoms with Gasteiger partial charge in [0.05, 0.1) is 12.2 Å². The maximum absolute atomic E-state index is 13.4. The summed E-state index contributed by atoms with van der Waals surface area (Å²) in [7, 11) is 0. The van der Waals surface area contributed by atoms with Crippen LogP contribution in [0.2, 0.25) is 0 Å². The van der Waals surface area contributed by atoms with Gasteiger partial charge in [-0.15, -0.1) is 0 Å². The Hall–Kier alpha value is -2.51. The molecule has 2 aliphatic rings. The number of hydrogen-bond acceptors (Lipinski definition) is 3. The molecule has 1 aliphatic carbocycles. The van der Waals surface area contributed by atoms with Gasteiger partial charge in [-0.1, -0.05) is 18.0 Å². The summed E-state index contributed by atoms with van der Waals surface area (Å²) in [5.74, 6) is -3.07. The Kier molecular flexibility index (Phi) is 4.57. The maximum atomic E-state index is 13.4. The first-order valence-electron chi connectivity index (χ1n) is 9.13. The van der Waals surface area contributed by atoms with Crippen molar-refractivity contribution in [2.45, 2.75) is 57.5 Å². The largest absolute Gasteiger partial charge is 0.360 e. The van der Waals surface area contributed by atoms with Crippen molar-refractivity contribution < 1.29 is 22.5 Å². The summed E-state index contributed by atoms with van der Waals surface area (Å²) in [6, 6.07) is 0.866. The third-order valence-corrected chi connectivity index (χ3v) is 5.47. The van der Waals surface area contributed by atoms with Crippen molar-refractivity contribution in [3.05, 3.63) is 46.6 Å². The summed E-state index contributed by atoms with van der Waals surface area (Å²) >= 11 is 0. The minimum absolute atomic E-state index is 0.129. The molecule has 1 fully saturated rings. The Bertz CT molecular complexity index is 854. The fraction of sp³-hybridized carbons (Fsp3) is 0.474. The molecule has 27 heavy (non-hydrogen) atoms. The normalized spacial score (nSPS) is 20.0. The van der Waals surface area contributed by atoms with E-state index in [1.807, 2.05) is 6.92 Å². The molecule has 1 unspecified atom stereocenters. The number of fused-ring (bicyclic) bond motifs is 1. The molecule has 5 nitrogen and oxygen atoms in total. The molecular weight excluding hydrogens is 359 g/mol. The van der Waals surface area contributed by atoms with Crippen molar-refractivity contribution in [2.24, 2.45) is 0 Å². The number of rotatable bonds is 2. The second kappa shape index (κ2) is 6.90. The SMILES string of the molecule is CC1Cc2noc(C3CCCC3)c2CN1C(=O)Nc1cc(F)c(F)c(F)c1. The lowest BCUT2D eigenvalue weighted by atomic mass is 9.94. The molecule has 4 rings (SSSR count). The number of aromatic nitrogens is 1. The van der Waals surface area contributed by atoms with Crippen molar-refractivity contribution >= 4 is 11.7 Å². The zero-order chi connectivity index (χ0) is 19.1. The summed E-state index contributed by atoms with van der Waals surface area (Å²) in [5, 5.41) is 6.64. The van der Waals surface area contributed by atoms with Crippen molar-refractivity contribution in [2.75, 3.05) is 5.32 Å². The van der Waals surface area contributed by atoms with Gasteiger partial charge in [0, 0.05) is 41.8 Å². The zero-order valence-corrected chi connectivity index (χ0v) is 14.9. The van der Waals surface area contributed by atoms with Gasteiger partial charge in [-0.3, -0.25) is 0 Å². The van der Waals surface area contributed by atoms with Crippen LogP contribution < -0.4 is 5.32 Å². The predicted octanol–water partition coefficient (Wildman–Crippen LogP) is 4.73. The van der Waals surface area contributed by atoms with Crippen LogP contribution in [-0.4, -0.2) is 22.1 Å². The third-order valence-electron chi connectivity index (χ3n) is 5.47. The molecule has 144 valence electrons. The van der Waals surface area contributed by atoms with E-state index in [1.54, 1.807) is 4.90 Å². The van der Waals surface area contributed by atoms with Crippen LogP contribution in [0, 0.1) is 17.5 Å². The second-order valence-corrected chi connectivity index (χ2v) is 7.32. The molecule has 1 atom stereocenters. The monoisotopic (exact) mass is 379 g/mol. The molecule has 1 N–H and O–H groups in total. The van der Waals surface area contributed by atoms with Crippen LogP contribution in [0.1, 0.15) is 55.5 Å². The molecule has 0 spiro atoms. The number of anilines is 1. The van der Waals surface area contributed by atoms with Gasteiger partial charge in [0.2, 0.25) is 0 Å². The van der Waals surface area contributed by atoms with Gasteiger partial charge >= 0.3 is 6.03 Å². The number of nitrogens with one attached hydrogen (secondary N) is 1. The van der Waals surface area contributed by atoms with Gasteiger partial charge in [0.15, 0.2) is 17.5 Å². The predicted molar refractivity (Wildman–Crippen MR) is 91.8 cm³/mol. The summed E-state index contributed by atoms with van der Waals surface area (Å²) < 4.78 is 45.5. The van der Waals surface area contributed by atoms with Crippen LogP contribution in [-0.2, 0) is 13.0 Å². The van der Waals surface area contributed by atoms with Crippen LogP contribution in [0.3, 0.4) is 0 Å². The van der Waals surface area contributed by atoms with E-state index >= 15 is 0 Å². The Labute approximate surface area is 154 Å². The first-order chi connectivity index (χ1) is 12.9. The number of halogens is 3.